The fourth-order valence-corrected chi connectivity index (χ4v) is 4.37. The highest BCUT2D eigenvalue weighted by Crippen LogP contribution is 2.39. The van der Waals surface area contributed by atoms with Gasteiger partial charge < -0.3 is 16.0 Å². The van der Waals surface area contributed by atoms with E-state index in [9.17, 15) is 14.9 Å². The molecule has 0 aliphatic carbocycles. The summed E-state index contributed by atoms with van der Waals surface area (Å²) in [7, 11) is 0. The quantitative estimate of drug-likeness (QED) is 0.242. The summed E-state index contributed by atoms with van der Waals surface area (Å²) < 4.78 is 0. The molecule has 2 heterocycles. The van der Waals surface area contributed by atoms with Crippen LogP contribution in [0.3, 0.4) is 0 Å². The fraction of sp³-hybridized carbons (Fsp3) is 0.192. The van der Waals surface area contributed by atoms with Crippen molar-refractivity contribution >= 4 is 59.1 Å². The standard InChI is InChI=1S/C26H25N5O3.2ClH/c32-26-24(22-16-21(31(33)34)10-11-23(22)29-26)25(19-4-2-1-3-5-19)28-20-8-6-18(7-9-20)17-30-14-12-27-13-15-30;;/h1-11,16,27-28H,12-15,17H2,(H,29,32);2*1H. The molecule has 1 fully saturated rings. The number of rotatable bonds is 6. The van der Waals surface area contributed by atoms with Crippen LogP contribution in [0.15, 0.2) is 72.8 Å². The summed E-state index contributed by atoms with van der Waals surface area (Å²) in [6, 6.07) is 22.1. The third-order valence-electron chi connectivity index (χ3n) is 6.11. The van der Waals surface area contributed by atoms with Crippen molar-refractivity contribution in [3.63, 3.8) is 0 Å². The molecule has 36 heavy (non-hydrogen) atoms. The highest BCUT2D eigenvalue weighted by atomic mass is 35.5. The van der Waals surface area contributed by atoms with Crippen molar-refractivity contribution in [3.8, 4) is 0 Å². The van der Waals surface area contributed by atoms with Crippen LogP contribution in [-0.2, 0) is 11.3 Å². The van der Waals surface area contributed by atoms with Gasteiger partial charge in [-0.15, -0.1) is 24.8 Å². The molecule has 1 saturated heterocycles. The number of hydrogen-bond donors (Lipinski definition) is 3. The largest absolute Gasteiger partial charge is 0.354 e. The molecule has 2 aliphatic heterocycles. The Hall–Kier alpha value is -3.43. The summed E-state index contributed by atoms with van der Waals surface area (Å²) in [6.07, 6.45) is 0. The number of hydrogen-bond acceptors (Lipinski definition) is 6. The Bertz CT molecular complexity index is 1260. The smallest absolute Gasteiger partial charge is 0.270 e. The second kappa shape index (κ2) is 12.0. The van der Waals surface area contributed by atoms with Gasteiger partial charge >= 0.3 is 0 Å². The average molecular weight is 528 g/mol. The molecule has 0 unspecified atom stereocenters. The van der Waals surface area contributed by atoms with Gasteiger partial charge in [-0.1, -0.05) is 42.5 Å². The number of nitro groups is 1. The zero-order chi connectivity index (χ0) is 23.5. The van der Waals surface area contributed by atoms with Crippen molar-refractivity contribution in [2.45, 2.75) is 6.54 Å². The first-order valence-corrected chi connectivity index (χ1v) is 11.3. The minimum Gasteiger partial charge on any atom is -0.354 e. The lowest BCUT2D eigenvalue weighted by Gasteiger charge is -2.27. The number of benzene rings is 3. The predicted octanol–water partition coefficient (Wildman–Crippen LogP) is 4.78. The maximum absolute atomic E-state index is 13.0. The van der Waals surface area contributed by atoms with Gasteiger partial charge in [0.15, 0.2) is 0 Å². The monoisotopic (exact) mass is 527 g/mol. The van der Waals surface area contributed by atoms with E-state index in [1.807, 2.05) is 42.5 Å². The molecular weight excluding hydrogens is 501 g/mol. The van der Waals surface area contributed by atoms with Crippen LogP contribution in [0, 0.1) is 10.1 Å². The Balaban J connectivity index is 0.00000180. The van der Waals surface area contributed by atoms with E-state index in [0.717, 1.165) is 44.0 Å². The average Bonchev–Trinajstić information content (AvgIpc) is 3.19. The molecule has 0 spiro atoms. The summed E-state index contributed by atoms with van der Waals surface area (Å²) >= 11 is 0. The third kappa shape index (κ3) is 5.85. The molecule has 5 rings (SSSR count). The maximum atomic E-state index is 13.0. The first kappa shape index (κ1) is 27.2. The molecule has 10 heteroatoms. The van der Waals surface area contributed by atoms with Crippen molar-refractivity contribution in [1.29, 1.82) is 0 Å². The van der Waals surface area contributed by atoms with E-state index in [2.05, 4.69) is 33.0 Å². The predicted molar refractivity (Wildman–Crippen MR) is 148 cm³/mol. The number of fused-ring (bicyclic) bond motifs is 1. The van der Waals surface area contributed by atoms with E-state index >= 15 is 0 Å². The Morgan fingerprint density at radius 1 is 0.972 bits per heavy atom. The van der Waals surface area contributed by atoms with Crippen molar-refractivity contribution < 1.29 is 9.72 Å². The van der Waals surface area contributed by atoms with Gasteiger partial charge in [-0.2, -0.15) is 0 Å². The van der Waals surface area contributed by atoms with Crippen LogP contribution >= 0.6 is 24.8 Å². The topological polar surface area (TPSA) is 99.5 Å². The molecule has 0 bridgehead atoms. The number of nitrogens with zero attached hydrogens (tertiary/aromatic N) is 2. The summed E-state index contributed by atoms with van der Waals surface area (Å²) in [5.74, 6) is -0.294. The van der Waals surface area contributed by atoms with Crippen LogP contribution in [0.1, 0.15) is 16.7 Å². The number of piperazine rings is 1. The molecule has 2 aliphatic rings. The molecular formula is C26H27Cl2N5O3. The Morgan fingerprint density at radius 3 is 2.33 bits per heavy atom. The summed E-state index contributed by atoms with van der Waals surface area (Å²) in [4.78, 5) is 26.3. The van der Waals surface area contributed by atoms with Gasteiger partial charge in [0.05, 0.1) is 16.2 Å². The van der Waals surface area contributed by atoms with Crippen LogP contribution < -0.4 is 16.0 Å². The van der Waals surface area contributed by atoms with Gasteiger partial charge in [-0.05, 0) is 29.3 Å². The van der Waals surface area contributed by atoms with Crippen molar-refractivity contribution in [3.05, 3.63) is 99.6 Å². The number of non-ortho nitro benzene ring substituents is 1. The van der Waals surface area contributed by atoms with Crippen molar-refractivity contribution in [2.75, 3.05) is 36.8 Å². The van der Waals surface area contributed by atoms with Gasteiger partial charge in [0.1, 0.15) is 0 Å². The number of nitro benzene ring substituents is 1. The minimum absolute atomic E-state index is 0. The van der Waals surface area contributed by atoms with E-state index < -0.39 is 4.92 Å². The maximum Gasteiger partial charge on any atom is 0.270 e. The van der Waals surface area contributed by atoms with Crippen LogP contribution in [0.4, 0.5) is 17.1 Å². The Kier molecular flexibility index (Phi) is 9.06. The lowest BCUT2D eigenvalue weighted by molar-refractivity contribution is -0.384. The van der Waals surface area contributed by atoms with Crippen LogP contribution in [0.25, 0.3) is 11.3 Å². The molecule has 1 amide bonds. The lowest BCUT2D eigenvalue weighted by atomic mass is 9.99. The van der Waals surface area contributed by atoms with E-state index in [1.165, 1.54) is 17.7 Å². The number of carbonyl (C=O) groups is 1. The summed E-state index contributed by atoms with van der Waals surface area (Å²) in [5.41, 5.74) is 4.88. The number of halogens is 2. The lowest BCUT2D eigenvalue weighted by Crippen LogP contribution is -2.42. The second-order valence-electron chi connectivity index (χ2n) is 8.41. The Morgan fingerprint density at radius 2 is 1.67 bits per heavy atom. The molecule has 188 valence electrons. The zero-order valence-electron chi connectivity index (χ0n) is 19.4. The van der Waals surface area contributed by atoms with Gasteiger partial charge in [-0.25, -0.2) is 0 Å². The van der Waals surface area contributed by atoms with Gasteiger partial charge in [-0.3, -0.25) is 19.8 Å². The molecule has 3 aromatic rings. The van der Waals surface area contributed by atoms with Crippen molar-refractivity contribution in [2.24, 2.45) is 0 Å². The van der Waals surface area contributed by atoms with Crippen LogP contribution in [0.5, 0.6) is 0 Å². The number of carbonyl (C=O) groups excluding carboxylic acids is 1. The molecule has 3 aromatic carbocycles. The van der Waals surface area contributed by atoms with E-state index in [1.54, 1.807) is 6.07 Å². The normalized spacial score (nSPS) is 16.2. The second-order valence-corrected chi connectivity index (χ2v) is 8.41. The Labute approximate surface area is 221 Å². The zero-order valence-corrected chi connectivity index (χ0v) is 21.0. The summed E-state index contributed by atoms with van der Waals surface area (Å²) in [5, 5.41) is 21.0. The van der Waals surface area contributed by atoms with E-state index in [-0.39, 0.29) is 36.4 Å². The molecule has 3 N–H and O–H groups in total. The van der Waals surface area contributed by atoms with Crippen LogP contribution in [0.2, 0.25) is 0 Å². The molecule has 0 saturated carbocycles. The SMILES string of the molecule is Cl.Cl.O=C1Nc2ccc([N+](=O)[O-])cc2C1=C(Nc1ccc(CN2CCNCC2)cc1)c1ccccc1. The van der Waals surface area contributed by atoms with Crippen molar-refractivity contribution in [1.82, 2.24) is 10.2 Å². The number of anilines is 2. The molecule has 0 aromatic heterocycles. The highest BCUT2D eigenvalue weighted by molar-refractivity contribution is 6.37. The molecule has 0 radical (unpaired) electrons. The number of nitrogens with one attached hydrogen (secondary N) is 3. The first-order chi connectivity index (χ1) is 16.6. The van der Waals surface area contributed by atoms with E-state index in [4.69, 9.17) is 0 Å². The fourth-order valence-electron chi connectivity index (χ4n) is 4.37. The summed E-state index contributed by atoms with van der Waals surface area (Å²) in [6.45, 7) is 4.98. The minimum atomic E-state index is -0.451. The molecule has 8 nitrogen and oxygen atoms in total. The first-order valence-electron chi connectivity index (χ1n) is 11.3. The highest BCUT2D eigenvalue weighted by Gasteiger charge is 2.30. The van der Waals surface area contributed by atoms with Crippen LogP contribution in [-0.4, -0.2) is 41.9 Å². The van der Waals surface area contributed by atoms with Gasteiger partial charge in [0, 0.05) is 61.8 Å². The van der Waals surface area contributed by atoms with Gasteiger partial charge in [0.2, 0.25) is 0 Å². The number of amides is 1. The van der Waals surface area contributed by atoms with E-state index in [0.29, 0.717) is 22.5 Å². The third-order valence-corrected chi connectivity index (χ3v) is 6.11. The van der Waals surface area contributed by atoms with Gasteiger partial charge in [0.25, 0.3) is 11.6 Å². The molecule has 0 atom stereocenters.